The van der Waals surface area contributed by atoms with Crippen molar-refractivity contribution in [2.45, 2.75) is 31.7 Å². The Labute approximate surface area is 116 Å². The Hall–Kier alpha value is -1.40. The van der Waals surface area contributed by atoms with Gasteiger partial charge in [-0.3, -0.25) is 10.1 Å². The molecule has 6 nitrogen and oxygen atoms in total. The SMILES string of the molecule is COc1cc(Cl)nc(NC(=O)C2CCCC(N)C2)n1. The van der Waals surface area contributed by atoms with E-state index in [1.54, 1.807) is 0 Å². The van der Waals surface area contributed by atoms with Gasteiger partial charge in [0, 0.05) is 18.0 Å². The van der Waals surface area contributed by atoms with Crippen molar-refractivity contribution >= 4 is 23.5 Å². The number of hydrogen-bond acceptors (Lipinski definition) is 5. The molecule has 7 heteroatoms. The highest BCUT2D eigenvalue weighted by Gasteiger charge is 2.26. The van der Waals surface area contributed by atoms with Crippen molar-refractivity contribution < 1.29 is 9.53 Å². The van der Waals surface area contributed by atoms with Crippen LogP contribution in [-0.2, 0) is 4.79 Å². The molecule has 1 heterocycles. The minimum atomic E-state index is -0.112. The molecule has 2 atom stereocenters. The third-order valence-electron chi connectivity index (χ3n) is 3.20. The van der Waals surface area contributed by atoms with Crippen molar-refractivity contribution in [3.8, 4) is 5.88 Å². The van der Waals surface area contributed by atoms with Crippen LogP contribution < -0.4 is 15.8 Å². The predicted molar refractivity (Wildman–Crippen MR) is 72.2 cm³/mol. The largest absolute Gasteiger partial charge is 0.481 e. The number of amides is 1. The second-order valence-corrected chi connectivity index (χ2v) is 5.06. The monoisotopic (exact) mass is 284 g/mol. The number of halogens is 1. The molecule has 1 aromatic rings. The van der Waals surface area contributed by atoms with Crippen LogP contribution >= 0.6 is 11.6 Å². The van der Waals surface area contributed by atoms with E-state index in [9.17, 15) is 4.79 Å². The molecule has 3 N–H and O–H groups in total. The van der Waals surface area contributed by atoms with Crippen molar-refractivity contribution in [3.63, 3.8) is 0 Å². The minimum Gasteiger partial charge on any atom is -0.481 e. The molecular formula is C12H17ClN4O2. The molecule has 2 rings (SSSR count). The first-order chi connectivity index (χ1) is 9.08. The lowest BCUT2D eigenvalue weighted by atomic mass is 9.85. The Morgan fingerprint density at radius 3 is 3.00 bits per heavy atom. The third-order valence-corrected chi connectivity index (χ3v) is 3.39. The number of carbonyl (C=O) groups is 1. The molecular weight excluding hydrogens is 268 g/mol. The van der Waals surface area contributed by atoms with Crippen LogP contribution in [0.1, 0.15) is 25.7 Å². The molecule has 2 unspecified atom stereocenters. The summed E-state index contributed by atoms with van der Waals surface area (Å²) in [5, 5.41) is 2.89. The van der Waals surface area contributed by atoms with Crippen LogP contribution in [0.3, 0.4) is 0 Å². The van der Waals surface area contributed by atoms with Gasteiger partial charge in [-0.05, 0) is 19.3 Å². The van der Waals surface area contributed by atoms with Gasteiger partial charge in [-0.2, -0.15) is 4.98 Å². The number of nitrogens with one attached hydrogen (secondary N) is 1. The average molecular weight is 285 g/mol. The minimum absolute atomic E-state index is 0.0858. The highest BCUT2D eigenvalue weighted by molar-refractivity contribution is 6.29. The summed E-state index contributed by atoms with van der Waals surface area (Å²) < 4.78 is 4.97. The topological polar surface area (TPSA) is 90.1 Å². The summed E-state index contributed by atoms with van der Waals surface area (Å²) >= 11 is 5.82. The molecule has 0 aliphatic heterocycles. The van der Waals surface area contributed by atoms with E-state index in [-0.39, 0.29) is 29.0 Å². The Bertz CT molecular complexity index is 469. The number of nitrogens with zero attached hydrogens (tertiary/aromatic N) is 2. The van der Waals surface area contributed by atoms with E-state index in [0.717, 1.165) is 19.3 Å². The number of carbonyl (C=O) groups excluding carboxylic acids is 1. The number of hydrogen-bond donors (Lipinski definition) is 2. The molecule has 104 valence electrons. The fourth-order valence-electron chi connectivity index (χ4n) is 2.24. The summed E-state index contributed by atoms with van der Waals surface area (Å²) in [7, 11) is 1.48. The van der Waals surface area contributed by atoms with Gasteiger partial charge in [0.2, 0.25) is 17.7 Å². The Morgan fingerprint density at radius 1 is 1.53 bits per heavy atom. The van der Waals surface area contributed by atoms with Gasteiger partial charge in [-0.25, -0.2) is 4.98 Å². The van der Waals surface area contributed by atoms with Gasteiger partial charge in [0.1, 0.15) is 5.15 Å². The van der Waals surface area contributed by atoms with Crippen molar-refractivity contribution in [2.75, 3.05) is 12.4 Å². The molecule has 1 aliphatic carbocycles. The second-order valence-electron chi connectivity index (χ2n) is 4.67. The number of ether oxygens (including phenoxy) is 1. The van der Waals surface area contributed by atoms with Gasteiger partial charge in [0.15, 0.2) is 0 Å². The standard InChI is InChI=1S/C12H17ClN4O2/c1-19-10-6-9(13)15-12(16-10)17-11(18)7-3-2-4-8(14)5-7/h6-8H,2-5,14H2,1H3,(H,15,16,17,18). The van der Waals surface area contributed by atoms with E-state index in [0.29, 0.717) is 12.3 Å². The smallest absolute Gasteiger partial charge is 0.234 e. The first kappa shape index (κ1) is 14.0. The second kappa shape index (κ2) is 6.16. The predicted octanol–water partition coefficient (Wildman–Crippen LogP) is 1.59. The number of nitrogens with two attached hydrogens (primary N) is 1. The van der Waals surface area contributed by atoms with Gasteiger partial charge >= 0.3 is 0 Å². The Morgan fingerprint density at radius 2 is 2.32 bits per heavy atom. The van der Waals surface area contributed by atoms with Crippen molar-refractivity contribution in [1.29, 1.82) is 0 Å². The zero-order chi connectivity index (χ0) is 13.8. The normalized spacial score (nSPS) is 22.9. The third kappa shape index (κ3) is 3.78. The van der Waals surface area contributed by atoms with Crippen LogP contribution in [0, 0.1) is 5.92 Å². The molecule has 1 aliphatic rings. The van der Waals surface area contributed by atoms with Crippen molar-refractivity contribution in [3.05, 3.63) is 11.2 Å². The maximum atomic E-state index is 12.1. The zero-order valence-electron chi connectivity index (χ0n) is 10.7. The molecule has 0 saturated heterocycles. The Balaban J connectivity index is 2.03. The van der Waals surface area contributed by atoms with E-state index < -0.39 is 0 Å². The van der Waals surface area contributed by atoms with Crippen LogP contribution in [0.4, 0.5) is 5.95 Å². The number of aromatic nitrogens is 2. The van der Waals surface area contributed by atoms with Crippen molar-refractivity contribution in [1.82, 2.24) is 9.97 Å². The Kier molecular flexibility index (Phi) is 4.55. The van der Waals surface area contributed by atoms with Crippen LogP contribution in [0.25, 0.3) is 0 Å². The lowest BCUT2D eigenvalue weighted by molar-refractivity contribution is -0.120. The number of methoxy groups -OCH3 is 1. The van der Waals surface area contributed by atoms with Gasteiger partial charge in [0.05, 0.1) is 7.11 Å². The average Bonchev–Trinajstić information content (AvgIpc) is 2.38. The van der Waals surface area contributed by atoms with Gasteiger partial charge in [-0.15, -0.1) is 0 Å². The fraction of sp³-hybridized carbons (Fsp3) is 0.583. The molecule has 0 bridgehead atoms. The van der Waals surface area contributed by atoms with Crippen LogP contribution in [0.15, 0.2) is 6.07 Å². The van der Waals surface area contributed by atoms with Crippen molar-refractivity contribution in [2.24, 2.45) is 11.7 Å². The molecule has 1 aromatic heterocycles. The molecule has 0 aromatic carbocycles. The summed E-state index contributed by atoms with van der Waals surface area (Å²) in [5.41, 5.74) is 5.87. The lowest BCUT2D eigenvalue weighted by Crippen LogP contribution is -2.34. The van der Waals surface area contributed by atoms with Crippen LogP contribution in [0.5, 0.6) is 5.88 Å². The summed E-state index contributed by atoms with van der Waals surface area (Å²) in [5.74, 6) is 0.279. The van der Waals surface area contributed by atoms with Gasteiger partial charge in [-0.1, -0.05) is 18.0 Å². The molecule has 1 fully saturated rings. The lowest BCUT2D eigenvalue weighted by Gasteiger charge is -2.25. The van der Waals surface area contributed by atoms with E-state index in [1.807, 2.05) is 0 Å². The van der Waals surface area contributed by atoms with Gasteiger partial charge < -0.3 is 10.5 Å². The maximum absolute atomic E-state index is 12.1. The summed E-state index contributed by atoms with van der Waals surface area (Å²) in [4.78, 5) is 20.1. The van der Waals surface area contributed by atoms with Crippen LogP contribution in [0.2, 0.25) is 5.15 Å². The molecule has 0 radical (unpaired) electrons. The molecule has 1 saturated carbocycles. The summed E-state index contributed by atoms with van der Waals surface area (Å²) in [6, 6.07) is 1.58. The quantitative estimate of drug-likeness (QED) is 0.823. The highest BCUT2D eigenvalue weighted by Crippen LogP contribution is 2.24. The summed E-state index contributed by atoms with van der Waals surface area (Å²) in [6.45, 7) is 0. The van der Waals surface area contributed by atoms with E-state index >= 15 is 0 Å². The molecule has 0 spiro atoms. The van der Waals surface area contributed by atoms with E-state index in [2.05, 4.69) is 15.3 Å². The first-order valence-electron chi connectivity index (χ1n) is 6.23. The molecule has 1 amide bonds. The van der Waals surface area contributed by atoms with Crippen LogP contribution in [-0.4, -0.2) is 29.0 Å². The summed E-state index contributed by atoms with van der Waals surface area (Å²) in [6.07, 6.45) is 3.49. The molecule has 19 heavy (non-hydrogen) atoms. The first-order valence-corrected chi connectivity index (χ1v) is 6.61. The van der Waals surface area contributed by atoms with E-state index in [4.69, 9.17) is 22.1 Å². The zero-order valence-corrected chi connectivity index (χ0v) is 11.5. The highest BCUT2D eigenvalue weighted by atomic mass is 35.5. The van der Waals surface area contributed by atoms with E-state index in [1.165, 1.54) is 13.2 Å². The van der Waals surface area contributed by atoms with Gasteiger partial charge in [0.25, 0.3) is 0 Å². The maximum Gasteiger partial charge on any atom is 0.234 e. The number of anilines is 1. The number of rotatable bonds is 3. The fourth-order valence-corrected chi connectivity index (χ4v) is 2.41.